The molecule has 0 bridgehead atoms. The summed E-state index contributed by atoms with van der Waals surface area (Å²) < 4.78 is 0. The maximum atomic E-state index is 11.0. The molecule has 0 aliphatic rings. The number of carbonyl (C=O) groups excluding carboxylic acids is 1. The van der Waals surface area contributed by atoms with E-state index in [4.69, 9.17) is 0 Å². The third kappa shape index (κ3) is 7.20. The fraction of sp³-hybridized carbons (Fsp3) is 0.625. The number of quaternary nitrogens is 1. The van der Waals surface area contributed by atoms with Crippen LogP contribution in [0.15, 0.2) is 0 Å². The van der Waals surface area contributed by atoms with Crippen LogP contribution in [0.4, 0.5) is 0 Å². The molecule has 1 amide bonds. The maximum Gasteiger partial charge on any atom is 0.249 e. The summed E-state index contributed by atoms with van der Waals surface area (Å²) in [6.07, 6.45) is 0. The molecule has 1 unspecified atom stereocenters. The van der Waals surface area contributed by atoms with E-state index < -0.39 is 0 Å². The fourth-order valence-electron chi connectivity index (χ4n) is 0.552. The maximum absolute atomic E-state index is 11.0. The molecule has 4 heteroatoms. The van der Waals surface area contributed by atoms with Gasteiger partial charge in [-0.3, -0.25) is 4.79 Å². The van der Waals surface area contributed by atoms with Gasteiger partial charge in [0, 0.05) is 38.6 Å². The summed E-state index contributed by atoms with van der Waals surface area (Å²) in [4.78, 5) is 11.0. The summed E-state index contributed by atoms with van der Waals surface area (Å²) in [6, 6.07) is -0.142. The zero-order valence-corrected chi connectivity index (χ0v) is 11.3. The summed E-state index contributed by atoms with van der Waals surface area (Å²) in [6.45, 7) is 7.37. The van der Waals surface area contributed by atoms with Crippen LogP contribution in [-0.4, -0.2) is 11.9 Å². The van der Waals surface area contributed by atoms with Crippen molar-refractivity contribution in [1.29, 1.82) is 0 Å². The van der Waals surface area contributed by atoms with Crippen molar-refractivity contribution in [2.75, 3.05) is 0 Å². The monoisotopic (exact) mass is 248 g/mol. The van der Waals surface area contributed by atoms with Gasteiger partial charge in [0.25, 0.3) is 0 Å². The van der Waals surface area contributed by atoms with Gasteiger partial charge < -0.3 is 18.5 Å². The van der Waals surface area contributed by atoms with E-state index in [1.807, 2.05) is 13.8 Å². The van der Waals surface area contributed by atoms with E-state index in [9.17, 15) is 4.79 Å². The standard InChI is InChI=1S/C7H15N2O.CH3.Y/c1-4-9-7(10)6(8)5(2)3;;/h4-6H,8H2,1-3H3,(H,9,10);1H3;/q2*-1;/p+1. The van der Waals surface area contributed by atoms with Gasteiger partial charge in [0.15, 0.2) is 6.04 Å². The first-order valence-corrected chi connectivity index (χ1v) is 3.51. The van der Waals surface area contributed by atoms with Crippen molar-refractivity contribution in [3.8, 4) is 0 Å². The second-order valence-electron chi connectivity index (χ2n) is 2.65. The first-order valence-electron chi connectivity index (χ1n) is 3.51. The van der Waals surface area contributed by atoms with Gasteiger partial charge in [-0.05, 0) is 0 Å². The van der Waals surface area contributed by atoms with Crippen molar-refractivity contribution in [3.63, 3.8) is 0 Å². The third-order valence-electron chi connectivity index (χ3n) is 1.43. The fourth-order valence-corrected chi connectivity index (χ4v) is 0.552. The predicted molar refractivity (Wildman–Crippen MR) is 46.0 cm³/mol. The summed E-state index contributed by atoms with van der Waals surface area (Å²) in [7, 11) is 0. The van der Waals surface area contributed by atoms with Crippen molar-refractivity contribution in [2.24, 2.45) is 5.92 Å². The largest absolute Gasteiger partial charge is 0.501 e. The van der Waals surface area contributed by atoms with Gasteiger partial charge in [-0.25, -0.2) is 6.54 Å². The Morgan fingerprint density at radius 2 is 1.92 bits per heavy atom. The third-order valence-corrected chi connectivity index (χ3v) is 1.43. The van der Waals surface area contributed by atoms with Crippen LogP contribution in [0.25, 0.3) is 0 Å². The molecular formula is C8H19N2OY-. The topological polar surface area (TPSA) is 56.7 Å². The van der Waals surface area contributed by atoms with Crippen LogP contribution in [0.3, 0.4) is 0 Å². The molecule has 0 aliphatic heterocycles. The summed E-state index contributed by atoms with van der Waals surface area (Å²) in [5.74, 6) is 0.303. The Hall–Kier alpha value is 0.534. The Labute approximate surface area is 101 Å². The average molecular weight is 248 g/mol. The molecule has 0 saturated carbocycles. The summed E-state index contributed by atoms with van der Waals surface area (Å²) in [5.41, 5.74) is 3.72. The molecule has 1 atom stereocenters. The molecule has 71 valence electrons. The minimum atomic E-state index is -0.142. The van der Waals surface area contributed by atoms with Gasteiger partial charge in [-0.2, -0.15) is 6.92 Å². The molecule has 0 fully saturated rings. The first-order chi connectivity index (χ1) is 4.59. The van der Waals surface area contributed by atoms with Crippen molar-refractivity contribution in [3.05, 3.63) is 14.0 Å². The molecule has 0 spiro atoms. The SMILES string of the molecule is C[CH-]NC(=O)C([NH3+])C(C)C.[CH3-].[Y]. The van der Waals surface area contributed by atoms with Crippen molar-refractivity contribution in [2.45, 2.75) is 26.8 Å². The van der Waals surface area contributed by atoms with Gasteiger partial charge in [0.2, 0.25) is 5.91 Å². The van der Waals surface area contributed by atoms with Crippen LogP contribution < -0.4 is 11.1 Å². The van der Waals surface area contributed by atoms with Crippen molar-refractivity contribution >= 4 is 5.91 Å². The molecule has 1 radical (unpaired) electrons. The number of hydrogen-bond donors (Lipinski definition) is 2. The Morgan fingerprint density at radius 3 is 2.17 bits per heavy atom. The number of hydrogen-bond acceptors (Lipinski definition) is 1. The molecule has 0 aromatic carbocycles. The molecular weight excluding hydrogens is 229 g/mol. The van der Waals surface area contributed by atoms with Gasteiger partial charge in [0.05, 0.1) is 0 Å². The Bertz CT molecular complexity index is 118. The molecule has 3 nitrogen and oxygen atoms in total. The smallest absolute Gasteiger partial charge is 0.249 e. The van der Waals surface area contributed by atoms with Crippen LogP contribution in [0.5, 0.6) is 0 Å². The summed E-state index contributed by atoms with van der Waals surface area (Å²) in [5, 5.41) is 2.60. The Balaban J connectivity index is -0.000000405. The zero-order chi connectivity index (χ0) is 8.15. The van der Waals surface area contributed by atoms with E-state index in [1.54, 1.807) is 13.5 Å². The summed E-state index contributed by atoms with van der Waals surface area (Å²) >= 11 is 0. The molecule has 0 aromatic rings. The van der Waals surface area contributed by atoms with Crippen LogP contribution >= 0.6 is 0 Å². The van der Waals surface area contributed by atoms with E-state index in [0.717, 1.165) is 0 Å². The Morgan fingerprint density at radius 1 is 1.50 bits per heavy atom. The van der Waals surface area contributed by atoms with E-state index in [1.165, 1.54) is 0 Å². The van der Waals surface area contributed by atoms with E-state index in [0.29, 0.717) is 5.92 Å². The quantitative estimate of drug-likeness (QED) is 0.678. The van der Waals surface area contributed by atoms with E-state index >= 15 is 0 Å². The molecule has 0 heterocycles. The van der Waals surface area contributed by atoms with Gasteiger partial charge in [-0.1, -0.05) is 13.8 Å². The number of nitrogens with one attached hydrogen (secondary N) is 1. The molecule has 0 rings (SSSR count). The number of rotatable bonds is 3. The zero-order valence-electron chi connectivity index (χ0n) is 8.42. The van der Waals surface area contributed by atoms with Crippen LogP contribution in [0, 0.1) is 19.9 Å². The molecule has 4 N–H and O–H groups in total. The normalized spacial score (nSPS) is 11.1. The van der Waals surface area contributed by atoms with E-state index in [-0.39, 0.29) is 52.1 Å². The first kappa shape index (κ1) is 18.3. The van der Waals surface area contributed by atoms with Gasteiger partial charge >= 0.3 is 0 Å². The van der Waals surface area contributed by atoms with Crippen LogP contribution in [0.1, 0.15) is 20.8 Å². The van der Waals surface area contributed by atoms with Crippen LogP contribution in [-0.2, 0) is 37.5 Å². The minimum Gasteiger partial charge on any atom is -0.501 e. The van der Waals surface area contributed by atoms with Crippen molar-refractivity contribution in [1.82, 2.24) is 5.32 Å². The second kappa shape index (κ2) is 9.62. The molecule has 12 heavy (non-hydrogen) atoms. The van der Waals surface area contributed by atoms with Gasteiger partial charge in [-0.15, -0.1) is 0 Å². The second-order valence-corrected chi connectivity index (χ2v) is 2.65. The van der Waals surface area contributed by atoms with Gasteiger partial charge in [0.1, 0.15) is 0 Å². The minimum absolute atomic E-state index is 0. The van der Waals surface area contributed by atoms with Crippen molar-refractivity contribution < 1.29 is 43.2 Å². The predicted octanol–water partition coefficient (Wildman–Crippen LogP) is -0.00142. The Kier molecular flexibility index (Phi) is 14.7. The number of amides is 1. The average Bonchev–Trinajstić information content (AvgIpc) is 1.87. The van der Waals surface area contributed by atoms with E-state index in [2.05, 4.69) is 11.1 Å². The number of carbonyl (C=O) groups is 1. The van der Waals surface area contributed by atoms with Crippen LogP contribution in [0.2, 0.25) is 0 Å². The molecule has 0 aliphatic carbocycles. The molecule has 0 saturated heterocycles. The molecule has 0 aromatic heterocycles.